The van der Waals surface area contributed by atoms with E-state index in [-0.39, 0.29) is 5.54 Å². The lowest BCUT2D eigenvalue weighted by molar-refractivity contribution is 0.411. The number of anilines is 1. The number of unbranched alkanes of at least 4 members (excludes halogenated alkanes) is 1. The molecule has 0 spiro atoms. The summed E-state index contributed by atoms with van der Waals surface area (Å²) in [5.41, 5.74) is 2.52. The fourth-order valence-electron chi connectivity index (χ4n) is 2.99. The highest BCUT2D eigenvalue weighted by molar-refractivity contribution is 5.57. The van der Waals surface area contributed by atoms with Crippen molar-refractivity contribution in [2.45, 2.75) is 45.1 Å². The average molecular weight is 271 g/mol. The van der Waals surface area contributed by atoms with Crippen molar-refractivity contribution < 1.29 is 0 Å². The summed E-state index contributed by atoms with van der Waals surface area (Å²) in [6.07, 6.45) is 4.34. The summed E-state index contributed by atoms with van der Waals surface area (Å²) >= 11 is 0. The molecule has 0 aromatic heterocycles. The number of nitriles is 1. The van der Waals surface area contributed by atoms with Crippen LogP contribution in [0.25, 0.3) is 0 Å². The molecular formula is C17H25N3. The van der Waals surface area contributed by atoms with E-state index in [1.807, 2.05) is 6.92 Å². The summed E-state index contributed by atoms with van der Waals surface area (Å²) in [7, 11) is 0. The number of para-hydroxylation sites is 1. The summed E-state index contributed by atoms with van der Waals surface area (Å²) in [6, 6.07) is 11.1. The Bertz CT molecular complexity index is 477. The topological polar surface area (TPSA) is 39.1 Å². The highest BCUT2D eigenvalue weighted by Gasteiger charge is 2.22. The number of nitrogens with one attached hydrogen (secondary N) is 1. The second-order valence-electron chi connectivity index (χ2n) is 5.80. The van der Waals surface area contributed by atoms with Gasteiger partial charge in [0.1, 0.15) is 5.54 Å². The number of nitrogens with zero attached hydrogens (tertiary/aromatic N) is 2. The molecule has 1 heterocycles. The SMILES string of the molecule is CCNC(C)(C#N)CCCCN1CCc2ccccc21. The Labute approximate surface area is 122 Å². The Morgan fingerprint density at radius 3 is 2.90 bits per heavy atom. The van der Waals surface area contributed by atoms with Gasteiger partial charge in [-0.25, -0.2) is 0 Å². The van der Waals surface area contributed by atoms with Crippen molar-refractivity contribution in [1.82, 2.24) is 5.32 Å². The molecule has 0 fully saturated rings. The largest absolute Gasteiger partial charge is 0.371 e. The lowest BCUT2D eigenvalue weighted by Crippen LogP contribution is -2.40. The number of hydrogen-bond acceptors (Lipinski definition) is 3. The minimum atomic E-state index is -0.363. The Morgan fingerprint density at radius 2 is 2.15 bits per heavy atom. The van der Waals surface area contributed by atoms with Crippen molar-refractivity contribution in [2.75, 3.05) is 24.5 Å². The van der Waals surface area contributed by atoms with Crippen LogP contribution in [0.2, 0.25) is 0 Å². The van der Waals surface area contributed by atoms with Gasteiger partial charge in [-0.15, -0.1) is 0 Å². The van der Waals surface area contributed by atoms with Gasteiger partial charge in [0.25, 0.3) is 0 Å². The summed E-state index contributed by atoms with van der Waals surface area (Å²) in [6.45, 7) is 7.15. The van der Waals surface area contributed by atoms with Gasteiger partial charge in [-0.1, -0.05) is 25.1 Å². The van der Waals surface area contributed by atoms with Crippen LogP contribution < -0.4 is 10.2 Å². The number of rotatable bonds is 7. The minimum Gasteiger partial charge on any atom is -0.371 e. The quantitative estimate of drug-likeness (QED) is 0.774. The van der Waals surface area contributed by atoms with Crippen molar-refractivity contribution in [1.29, 1.82) is 5.26 Å². The van der Waals surface area contributed by atoms with E-state index >= 15 is 0 Å². The molecule has 0 radical (unpaired) electrons. The third-order valence-corrected chi connectivity index (χ3v) is 4.15. The first-order chi connectivity index (χ1) is 9.68. The highest BCUT2D eigenvalue weighted by Crippen LogP contribution is 2.27. The van der Waals surface area contributed by atoms with Crippen molar-refractivity contribution in [3.8, 4) is 6.07 Å². The van der Waals surface area contributed by atoms with E-state index in [0.29, 0.717) is 0 Å². The highest BCUT2D eigenvalue weighted by atomic mass is 15.1. The smallest absolute Gasteiger partial charge is 0.103 e. The molecule has 3 nitrogen and oxygen atoms in total. The van der Waals surface area contributed by atoms with Gasteiger partial charge in [0.15, 0.2) is 0 Å². The van der Waals surface area contributed by atoms with Gasteiger partial charge in [-0.2, -0.15) is 5.26 Å². The van der Waals surface area contributed by atoms with Gasteiger partial charge in [-0.05, 0) is 50.8 Å². The zero-order valence-electron chi connectivity index (χ0n) is 12.7. The van der Waals surface area contributed by atoms with E-state index in [1.54, 1.807) is 0 Å². The number of benzene rings is 1. The van der Waals surface area contributed by atoms with Crippen molar-refractivity contribution in [3.05, 3.63) is 29.8 Å². The molecule has 1 unspecified atom stereocenters. The van der Waals surface area contributed by atoms with Crippen LogP contribution in [-0.4, -0.2) is 25.2 Å². The molecule has 1 atom stereocenters. The van der Waals surface area contributed by atoms with Crippen LogP contribution >= 0.6 is 0 Å². The van der Waals surface area contributed by atoms with E-state index in [0.717, 1.165) is 38.9 Å². The Kier molecular flexibility index (Phi) is 5.03. The molecule has 1 aliphatic rings. The molecule has 0 aliphatic carbocycles. The molecule has 0 saturated heterocycles. The predicted molar refractivity (Wildman–Crippen MR) is 83.9 cm³/mol. The van der Waals surface area contributed by atoms with Gasteiger partial charge >= 0.3 is 0 Å². The van der Waals surface area contributed by atoms with Gasteiger partial charge in [-0.3, -0.25) is 5.32 Å². The fourth-order valence-corrected chi connectivity index (χ4v) is 2.99. The summed E-state index contributed by atoms with van der Waals surface area (Å²) in [5, 5.41) is 12.5. The minimum absolute atomic E-state index is 0.363. The monoisotopic (exact) mass is 271 g/mol. The van der Waals surface area contributed by atoms with Crippen molar-refractivity contribution in [2.24, 2.45) is 0 Å². The molecule has 1 aromatic rings. The van der Waals surface area contributed by atoms with Crippen molar-refractivity contribution >= 4 is 5.69 Å². The zero-order valence-corrected chi connectivity index (χ0v) is 12.7. The third kappa shape index (κ3) is 3.52. The lowest BCUT2D eigenvalue weighted by atomic mass is 9.96. The van der Waals surface area contributed by atoms with Gasteiger partial charge in [0.2, 0.25) is 0 Å². The standard InChI is InChI=1S/C17H25N3/c1-3-19-17(2,14-18)11-6-7-12-20-13-10-15-8-4-5-9-16(15)20/h4-5,8-9,19H,3,6-7,10-13H2,1-2H3. The van der Waals surface area contributed by atoms with Gasteiger partial charge in [0.05, 0.1) is 6.07 Å². The zero-order chi connectivity index (χ0) is 14.4. The summed E-state index contributed by atoms with van der Waals surface area (Å²) in [4.78, 5) is 2.48. The Hall–Kier alpha value is -1.53. The lowest BCUT2D eigenvalue weighted by Gasteiger charge is -2.24. The van der Waals surface area contributed by atoms with Crippen LogP contribution in [0.3, 0.4) is 0 Å². The number of fused-ring (bicyclic) bond motifs is 1. The van der Waals surface area contributed by atoms with E-state index in [2.05, 4.69) is 47.5 Å². The van der Waals surface area contributed by atoms with Gasteiger partial charge in [0, 0.05) is 18.8 Å². The maximum atomic E-state index is 9.23. The molecule has 1 N–H and O–H groups in total. The molecular weight excluding hydrogens is 246 g/mol. The maximum Gasteiger partial charge on any atom is 0.103 e. The fraction of sp³-hybridized carbons (Fsp3) is 0.588. The van der Waals surface area contributed by atoms with Crippen LogP contribution in [-0.2, 0) is 6.42 Å². The van der Waals surface area contributed by atoms with Gasteiger partial charge < -0.3 is 4.90 Å². The first-order valence-electron chi connectivity index (χ1n) is 7.67. The molecule has 0 saturated carbocycles. The van der Waals surface area contributed by atoms with E-state index in [1.165, 1.54) is 17.7 Å². The van der Waals surface area contributed by atoms with Crippen LogP contribution in [0, 0.1) is 11.3 Å². The molecule has 108 valence electrons. The van der Waals surface area contributed by atoms with E-state index in [9.17, 15) is 5.26 Å². The summed E-state index contributed by atoms with van der Waals surface area (Å²) in [5.74, 6) is 0. The molecule has 1 aliphatic heterocycles. The predicted octanol–water partition coefficient (Wildman–Crippen LogP) is 3.11. The maximum absolute atomic E-state index is 9.23. The molecule has 0 bridgehead atoms. The normalized spacial score (nSPS) is 16.6. The summed E-state index contributed by atoms with van der Waals surface area (Å²) < 4.78 is 0. The third-order valence-electron chi connectivity index (χ3n) is 4.15. The van der Waals surface area contributed by atoms with Crippen LogP contribution in [0.15, 0.2) is 24.3 Å². The van der Waals surface area contributed by atoms with Crippen LogP contribution in [0.1, 0.15) is 38.7 Å². The van der Waals surface area contributed by atoms with Crippen LogP contribution in [0.4, 0.5) is 5.69 Å². The molecule has 0 amide bonds. The first kappa shape index (κ1) is 14.9. The molecule has 20 heavy (non-hydrogen) atoms. The Morgan fingerprint density at radius 1 is 1.35 bits per heavy atom. The van der Waals surface area contributed by atoms with Crippen LogP contribution in [0.5, 0.6) is 0 Å². The molecule has 1 aromatic carbocycles. The Balaban J connectivity index is 1.76. The second-order valence-corrected chi connectivity index (χ2v) is 5.80. The molecule has 2 rings (SSSR count). The number of hydrogen-bond donors (Lipinski definition) is 1. The first-order valence-corrected chi connectivity index (χ1v) is 7.67. The van der Waals surface area contributed by atoms with E-state index in [4.69, 9.17) is 0 Å². The molecule has 3 heteroatoms. The second kappa shape index (κ2) is 6.76. The van der Waals surface area contributed by atoms with Crippen molar-refractivity contribution in [3.63, 3.8) is 0 Å². The van der Waals surface area contributed by atoms with E-state index < -0.39 is 0 Å². The average Bonchev–Trinajstić information content (AvgIpc) is 2.87.